The second-order valence-electron chi connectivity index (χ2n) is 4.58. The smallest absolute Gasteiger partial charge is 0.303 e. The van der Waals surface area contributed by atoms with Crippen LogP contribution in [0.15, 0.2) is 12.1 Å². The second kappa shape index (κ2) is 4.98. The van der Waals surface area contributed by atoms with Crippen molar-refractivity contribution in [3.8, 4) is 0 Å². The Morgan fingerprint density at radius 2 is 2.28 bits per heavy atom. The molecular formula is C13H14ClNO3. The SMILES string of the molecule is Cc1cc2c(cc1Cl)CC(CCC(=O)O)C(=O)N2. The fourth-order valence-corrected chi connectivity index (χ4v) is 2.32. The second-order valence-corrected chi connectivity index (χ2v) is 4.99. The lowest BCUT2D eigenvalue weighted by molar-refractivity contribution is -0.137. The number of hydrogen-bond acceptors (Lipinski definition) is 2. The Labute approximate surface area is 110 Å². The Balaban J connectivity index is 2.19. The minimum Gasteiger partial charge on any atom is -0.481 e. The predicted molar refractivity (Wildman–Crippen MR) is 68.9 cm³/mol. The molecule has 1 aromatic rings. The Morgan fingerprint density at radius 3 is 2.94 bits per heavy atom. The topological polar surface area (TPSA) is 66.4 Å². The van der Waals surface area contributed by atoms with Crippen LogP contribution in [0.4, 0.5) is 5.69 Å². The molecule has 96 valence electrons. The van der Waals surface area contributed by atoms with Gasteiger partial charge in [0.1, 0.15) is 0 Å². The normalized spacial score (nSPS) is 18.1. The number of carbonyl (C=O) groups excluding carboxylic acids is 1. The first-order valence-corrected chi connectivity index (χ1v) is 6.17. The highest BCUT2D eigenvalue weighted by Gasteiger charge is 2.26. The monoisotopic (exact) mass is 267 g/mol. The van der Waals surface area contributed by atoms with Gasteiger partial charge < -0.3 is 10.4 Å². The van der Waals surface area contributed by atoms with Crippen LogP contribution in [0.2, 0.25) is 5.02 Å². The Bertz CT molecular complexity index is 513. The first kappa shape index (κ1) is 12.9. The molecule has 0 saturated heterocycles. The van der Waals surface area contributed by atoms with E-state index in [9.17, 15) is 9.59 Å². The molecule has 2 N–H and O–H groups in total. The first-order chi connectivity index (χ1) is 8.47. The summed E-state index contributed by atoms with van der Waals surface area (Å²) in [5, 5.41) is 12.1. The molecule has 1 heterocycles. The summed E-state index contributed by atoms with van der Waals surface area (Å²) >= 11 is 6.05. The molecule has 0 aromatic heterocycles. The van der Waals surface area contributed by atoms with E-state index in [-0.39, 0.29) is 18.2 Å². The summed E-state index contributed by atoms with van der Waals surface area (Å²) in [6.45, 7) is 1.88. The number of carboxylic acids is 1. The van der Waals surface area contributed by atoms with Crippen LogP contribution in [0.3, 0.4) is 0 Å². The van der Waals surface area contributed by atoms with Gasteiger partial charge in [0.2, 0.25) is 5.91 Å². The van der Waals surface area contributed by atoms with E-state index in [2.05, 4.69) is 5.32 Å². The van der Waals surface area contributed by atoms with Gasteiger partial charge in [-0.25, -0.2) is 0 Å². The average Bonchev–Trinajstić information content (AvgIpc) is 2.29. The average molecular weight is 268 g/mol. The number of carboxylic acid groups (broad SMARTS) is 1. The zero-order chi connectivity index (χ0) is 13.3. The molecule has 0 bridgehead atoms. The van der Waals surface area contributed by atoms with Crippen LogP contribution in [0, 0.1) is 12.8 Å². The molecule has 0 radical (unpaired) electrons. The number of halogens is 1. The minimum absolute atomic E-state index is 0.00696. The number of carbonyl (C=O) groups is 2. The van der Waals surface area contributed by atoms with E-state index in [0.29, 0.717) is 17.9 Å². The zero-order valence-electron chi connectivity index (χ0n) is 10.00. The van der Waals surface area contributed by atoms with Gasteiger partial charge in [-0.3, -0.25) is 9.59 Å². The molecule has 1 aliphatic heterocycles. The molecule has 0 spiro atoms. The number of fused-ring (bicyclic) bond motifs is 1. The Morgan fingerprint density at radius 1 is 1.56 bits per heavy atom. The quantitative estimate of drug-likeness (QED) is 0.885. The highest BCUT2D eigenvalue weighted by atomic mass is 35.5. The molecule has 0 saturated carbocycles. The third kappa shape index (κ3) is 2.64. The maximum absolute atomic E-state index is 11.8. The van der Waals surface area contributed by atoms with Gasteiger partial charge >= 0.3 is 5.97 Å². The molecule has 1 aromatic carbocycles. The van der Waals surface area contributed by atoms with Crippen LogP contribution in [-0.4, -0.2) is 17.0 Å². The fourth-order valence-electron chi connectivity index (χ4n) is 2.13. The number of anilines is 1. The number of rotatable bonds is 3. The lowest BCUT2D eigenvalue weighted by Crippen LogP contribution is -2.30. The lowest BCUT2D eigenvalue weighted by atomic mass is 9.89. The number of aliphatic carboxylic acids is 1. The minimum atomic E-state index is -0.879. The molecular weight excluding hydrogens is 254 g/mol. The molecule has 18 heavy (non-hydrogen) atoms. The van der Waals surface area contributed by atoms with E-state index in [4.69, 9.17) is 16.7 Å². The van der Waals surface area contributed by atoms with Gasteiger partial charge in [0.15, 0.2) is 0 Å². The van der Waals surface area contributed by atoms with Gasteiger partial charge in [0.05, 0.1) is 0 Å². The van der Waals surface area contributed by atoms with Crippen molar-refractivity contribution in [3.63, 3.8) is 0 Å². The van der Waals surface area contributed by atoms with Crippen LogP contribution in [0.25, 0.3) is 0 Å². The maximum atomic E-state index is 11.8. The largest absolute Gasteiger partial charge is 0.481 e. The standard InChI is InChI=1S/C13H14ClNO3/c1-7-4-11-9(6-10(7)14)5-8(13(18)15-11)2-3-12(16)17/h4,6,8H,2-3,5H2,1H3,(H,15,18)(H,16,17). The van der Waals surface area contributed by atoms with E-state index >= 15 is 0 Å². The molecule has 1 aliphatic rings. The fraction of sp³-hybridized carbons (Fsp3) is 0.385. The van der Waals surface area contributed by atoms with Crippen LogP contribution in [-0.2, 0) is 16.0 Å². The summed E-state index contributed by atoms with van der Waals surface area (Å²) in [5.41, 5.74) is 2.67. The number of nitrogens with one attached hydrogen (secondary N) is 1. The molecule has 2 rings (SSSR count). The highest BCUT2D eigenvalue weighted by molar-refractivity contribution is 6.31. The maximum Gasteiger partial charge on any atom is 0.303 e. The van der Waals surface area contributed by atoms with Crippen molar-refractivity contribution in [2.75, 3.05) is 5.32 Å². The zero-order valence-corrected chi connectivity index (χ0v) is 10.8. The van der Waals surface area contributed by atoms with Crippen molar-refractivity contribution in [2.45, 2.75) is 26.2 Å². The van der Waals surface area contributed by atoms with Gasteiger partial charge in [0.25, 0.3) is 0 Å². The van der Waals surface area contributed by atoms with Crippen molar-refractivity contribution in [3.05, 3.63) is 28.3 Å². The van der Waals surface area contributed by atoms with Crippen molar-refractivity contribution < 1.29 is 14.7 Å². The third-order valence-corrected chi connectivity index (χ3v) is 3.59. The molecule has 1 unspecified atom stereocenters. The van der Waals surface area contributed by atoms with E-state index in [1.165, 1.54) is 0 Å². The molecule has 1 atom stereocenters. The number of amides is 1. The van der Waals surface area contributed by atoms with Crippen LogP contribution in [0.5, 0.6) is 0 Å². The summed E-state index contributed by atoms with van der Waals surface area (Å²) in [5.74, 6) is -1.27. The summed E-state index contributed by atoms with van der Waals surface area (Å²) in [4.78, 5) is 22.4. The van der Waals surface area contributed by atoms with Gasteiger partial charge in [-0.1, -0.05) is 11.6 Å². The molecule has 5 heteroatoms. The third-order valence-electron chi connectivity index (χ3n) is 3.19. The van der Waals surface area contributed by atoms with Crippen LogP contribution >= 0.6 is 11.6 Å². The predicted octanol–water partition coefficient (Wildman–Crippen LogP) is 2.62. The van der Waals surface area contributed by atoms with Crippen molar-refractivity contribution in [2.24, 2.45) is 5.92 Å². The van der Waals surface area contributed by atoms with E-state index in [1.54, 1.807) is 0 Å². The highest BCUT2D eigenvalue weighted by Crippen LogP contribution is 2.32. The van der Waals surface area contributed by atoms with Crippen LogP contribution < -0.4 is 5.32 Å². The molecule has 0 aliphatic carbocycles. The molecule has 1 amide bonds. The lowest BCUT2D eigenvalue weighted by Gasteiger charge is -2.25. The van der Waals surface area contributed by atoms with Crippen molar-refractivity contribution in [1.29, 1.82) is 0 Å². The Kier molecular flexibility index (Phi) is 3.57. The molecule has 4 nitrogen and oxygen atoms in total. The summed E-state index contributed by atoms with van der Waals surface area (Å²) in [7, 11) is 0. The van der Waals surface area contributed by atoms with Gasteiger partial charge in [0, 0.05) is 23.0 Å². The van der Waals surface area contributed by atoms with Crippen molar-refractivity contribution >= 4 is 29.2 Å². The summed E-state index contributed by atoms with van der Waals surface area (Å²) in [6.07, 6.45) is 0.910. The number of benzene rings is 1. The van der Waals surface area contributed by atoms with Gasteiger partial charge in [-0.15, -0.1) is 0 Å². The van der Waals surface area contributed by atoms with E-state index < -0.39 is 5.97 Å². The van der Waals surface area contributed by atoms with E-state index in [1.807, 2.05) is 19.1 Å². The number of aryl methyl sites for hydroxylation is 1. The van der Waals surface area contributed by atoms with E-state index in [0.717, 1.165) is 16.8 Å². The van der Waals surface area contributed by atoms with Crippen LogP contribution in [0.1, 0.15) is 24.0 Å². The molecule has 0 fully saturated rings. The number of hydrogen-bond donors (Lipinski definition) is 2. The van der Waals surface area contributed by atoms with Gasteiger partial charge in [-0.05, 0) is 43.0 Å². The van der Waals surface area contributed by atoms with Crippen molar-refractivity contribution in [1.82, 2.24) is 0 Å². The first-order valence-electron chi connectivity index (χ1n) is 5.79. The summed E-state index contributed by atoms with van der Waals surface area (Å²) < 4.78 is 0. The van der Waals surface area contributed by atoms with Gasteiger partial charge in [-0.2, -0.15) is 0 Å². The summed E-state index contributed by atoms with van der Waals surface area (Å²) in [6, 6.07) is 3.70. The Hall–Kier alpha value is -1.55.